The Bertz CT molecular complexity index is 715. The van der Waals surface area contributed by atoms with Gasteiger partial charge in [0.25, 0.3) is 5.91 Å². The lowest BCUT2D eigenvalue weighted by Gasteiger charge is -2.19. The zero-order chi connectivity index (χ0) is 17.6. The van der Waals surface area contributed by atoms with Crippen molar-refractivity contribution in [2.45, 2.75) is 44.8 Å². The highest BCUT2D eigenvalue weighted by Gasteiger charge is 2.19. The molecule has 2 aromatic rings. The maximum Gasteiger partial charge on any atom is 0.271 e. The van der Waals surface area contributed by atoms with Crippen LogP contribution in [0.5, 0.6) is 11.5 Å². The first kappa shape index (κ1) is 17.2. The van der Waals surface area contributed by atoms with E-state index >= 15 is 0 Å². The van der Waals surface area contributed by atoms with Crippen molar-refractivity contribution in [3.63, 3.8) is 0 Å². The lowest BCUT2D eigenvalue weighted by atomic mass is 10.1. The summed E-state index contributed by atoms with van der Waals surface area (Å²) in [6.45, 7) is 1.92. The van der Waals surface area contributed by atoms with Crippen molar-refractivity contribution in [1.29, 1.82) is 0 Å². The molecule has 6 nitrogen and oxygen atoms in total. The molecule has 1 fully saturated rings. The van der Waals surface area contributed by atoms with E-state index in [1.165, 1.54) is 31.4 Å². The second-order valence-electron chi connectivity index (χ2n) is 6.22. The third-order valence-electron chi connectivity index (χ3n) is 4.43. The number of benzene rings is 1. The molecule has 132 valence electrons. The van der Waals surface area contributed by atoms with Gasteiger partial charge in [0.1, 0.15) is 5.69 Å². The van der Waals surface area contributed by atoms with E-state index in [-0.39, 0.29) is 18.1 Å². The third-order valence-corrected chi connectivity index (χ3v) is 4.43. The molecule has 25 heavy (non-hydrogen) atoms. The van der Waals surface area contributed by atoms with Crippen LogP contribution in [0.25, 0.3) is 0 Å². The van der Waals surface area contributed by atoms with Crippen molar-refractivity contribution in [2.24, 2.45) is 0 Å². The highest BCUT2D eigenvalue weighted by molar-refractivity contribution is 5.92. The Morgan fingerprint density at radius 2 is 2.04 bits per heavy atom. The predicted octanol–water partition coefficient (Wildman–Crippen LogP) is 3.30. The van der Waals surface area contributed by atoms with Gasteiger partial charge in [-0.25, -0.2) is 4.98 Å². The first-order valence-electron chi connectivity index (χ1n) is 8.59. The van der Waals surface area contributed by atoms with Crippen LogP contribution in [0, 0.1) is 0 Å². The van der Waals surface area contributed by atoms with Crippen molar-refractivity contribution in [3.05, 3.63) is 48.0 Å². The van der Waals surface area contributed by atoms with Gasteiger partial charge in [-0.05, 0) is 50.3 Å². The van der Waals surface area contributed by atoms with Gasteiger partial charge in [0.15, 0.2) is 11.5 Å². The Labute approximate surface area is 147 Å². The highest BCUT2D eigenvalue weighted by atomic mass is 16.5. The summed E-state index contributed by atoms with van der Waals surface area (Å²) in [6, 6.07) is 5.58. The molecule has 1 aromatic carbocycles. The summed E-state index contributed by atoms with van der Waals surface area (Å²) in [5, 5.41) is 2.92. The van der Waals surface area contributed by atoms with Gasteiger partial charge >= 0.3 is 0 Å². The number of ether oxygens (including phenoxy) is 2. The van der Waals surface area contributed by atoms with Crippen molar-refractivity contribution in [2.75, 3.05) is 7.11 Å². The highest BCUT2D eigenvalue weighted by Crippen LogP contribution is 2.33. The Morgan fingerprint density at radius 3 is 2.72 bits per heavy atom. The molecule has 0 saturated heterocycles. The number of aromatic nitrogens is 2. The quantitative estimate of drug-likeness (QED) is 0.873. The van der Waals surface area contributed by atoms with E-state index < -0.39 is 0 Å². The van der Waals surface area contributed by atoms with Gasteiger partial charge in [0, 0.05) is 12.4 Å². The topological polar surface area (TPSA) is 73.3 Å². The SMILES string of the molecule is COc1cc([C@@H](C)NC(=O)c2cnccn2)ccc1OC1CCCC1. The number of carbonyl (C=O) groups is 1. The Kier molecular flexibility index (Phi) is 5.48. The van der Waals surface area contributed by atoms with E-state index in [0.29, 0.717) is 11.4 Å². The van der Waals surface area contributed by atoms with Crippen LogP contribution in [-0.4, -0.2) is 29.1 Å². The maximum atomic E-state index is 12.2. The zero-order valence-electron chi connectivity index (χ0n) is 14.6. The van der Waals surface area contributed by atoms with E-state index in [1.807, 2.05) is 25.1 Å². The minimum absolute atomic E-state index is 0.191. The van der Waals surface area contributed by atoms with Gasteiger partial charge in [0.05, 0.1) is 25.5 Å². The molecule has 1 aliphatic rings. The van der Waals surface area contributed by atoms with Gasteiger partial charge in [-0.1, -0.05) is 6.07 Å². The number of nitrogens with zero attached hydrogens (tertiary/aromatic N) is 2. The fourth-order valence-corrected chi connectivity index (χ4v) is 3.01. The molecular formula is C19H23N3O3. The molecule has 0 unspecified atom stereocenters. The predicted molar refractivity (Wildman–Crippen MR) is 93.8 cm³/mol. The second-order valence-corrected chi connectivity index (χ2v) is 6.22. The Morgan fingerprint density at radius 1 is 1.24 bits per heavy atom. The van der Waals surface area contributed by atoms with Crippen LogP contribution >= 0.6 is 0 Å². The van der Waals surface area contributed by atoms with Gasteiger partial charge in [0.2, 0.25) is 0 Å². The molecule has 0 radical (unpaired) electrons. The summed E-state index contributed by atoms with van der Waals surface area (Å²) < 4.78 is 11.5. The molecule has 0 aliphatic heterocycles. The number of rotatable bonds is 6. The van der Waals surface area contributed by atoms with Gasteiger partial charge in [-0.15, -0.1) is 0 Å². The molecule has 1 atom stereocenters. The average Bonchev–Trinajstić information content (AvgIpc) is 3.15. The lowest BCUT2D eigenvalue weighted by Crippen LogP contribution is -2.27. The monoisotopic (exact) mass is 341 g/mol. The lowest BCUT2D eigenvalue weighted by molar-refractivity contribution is 0.0934. The average molecular weight is 341 g/mol. The van der Waals surface area contributed by atoms with Gasteiger partial charge in [-0.3, -0.25) is 9.78 Å². The smallest absolute Gasteiger partial charge is 0.271 e. The summed E-state index contributed by atoms with van der Waals surface area (Å²) in [5.74, 6) is 1.18. The van der Waals surface area contributed by atoms with Crippen LogP contribution in [0.4, 0.5) is 0 Å². The molecule has 1 N–H and O–H groups in total. The van der Waals surface area contributed by atoms with Crippen LogP contribution in [0.2, 0.25) is 0 Å². The molecule has 1 heterocycles. The molecule has 1 aliphatic carbocycles. The number of amides is 1. The summed E-state index contributed by atoms with van der Waals surface area (Å²) >= 11 is 0. The van der Waals surface area contributed by atoms with Crippen molar-refractivity contribution >= 4 is 5.91 Å². The molecule has 0 spiro atoms. The number of hydrogen-bond acceptors (Lipinski definition) is 5. The van der Waals surface area contributed by atoms with Crippen LogP contribution in [0.15, 0.2) is 36.8 Å². The van der Waals surface area contributed by atoms with Crippen LogP contribution in [-0.2, 0) is 0 Å². The fraction of sp³-hybridized carbons (Fsp3) is 0.421. The molecule has 1 amide bonds. The second kappa shape index (κ2) is 7.96. The minimum atomic E-state index is -0.258. The zero-order valence-corrected chi connectivity index (χ0v) is 14.6. The van der Waals surface area contributed by atoms with E-state index in [2.05, 4.69) is 15.3 Å². The number of nitrogens with one attached hydrogen (secondary N) is 1. The van der Waals surface area contributed by atoms with Gasteiger partial charge in [-0.2, -0.15) is 0 Å². The summed E-state index contributed by atoms with van der Waals surface area (Å²) in [4.78, 5) is 20.1. The normalized spacial score (nSPS) is 15.6. The van der Waals surface area contributed by atoms with E-state index in [1.54, 1.807) is 7.11 Å². The summed E-state index contributed by atoms with van der Waals surface area (Å²) in [6.07, 6.45) is 9.37. The van der Waals surface area contributed by atoms with Gasteiger partial charge < -0.3 is 14.8 Å². The summed E-state index contributed by atoms with van der Waals surface area (Å²) in [7, 11) is 1.63. The Balaban J connectivity index is 1.69. The summed E-state index contributed by atoms with van der Waals surface area (Å²) in [5.41, 5.74) is 1.23. The first-order chi connectivity index (χ1) is 12.2. The number of methoxy groups -OCH3 is 1. The molecule has 1 saturated carbocycles. The largest absolute Gasteiger partial charge is 0.493 e. The molecule has 6 heteroatoms. The molecule has 1 aromatic heterocycles. The van der Waals surface area contributed by atoms with Crippen LogP contribution in [0.1, 0.15) is 54.7 Å². The van der Waals surface area contributed by atoms with E-state index in [0.717, 1.165) is 24.2 Å². The molecular weight excluding hydrogens is 318 g/mol. The van der Waals surface area contributed by atoms with E-state index in [9.17, 15) is 4.79 Å². The number of carbonyl (C=O) groups excluding carboxylic acids is 1. The molecule has 0 bridgehead atoms. The Hall–Kier alpha value is -2.63. The third kappa shape index (κ3) is 4.26. The van der Waals surface area contributed by atoms with Crippen molar-refractivity contribution < 1.29 is 14.3 Å². The fourth-order valence-electron chi connectivity index (χ4n) is 3.01. The molecule has 3 rings (SSSR count). The van der Waals surface area contributed by atoms with Crippen molar-refractivity contribution in [1.82, 2.24) is 15.3 Å². The minimum Gasteiger partial charge on any atom is -0.493 e. The van der Waals surface area contributed by atoms with Crippen LogP contribution < -0.4 is 14.8 Å². The van der Waals surface area contributed by atoms with Crippen LogP contribution in [0.3, 0.4) is 0 Å². The first-order valence-corrected chi connectivity index (χ1v) is 8.59. The maximum absolute atomic E-state index is 12.2. The number of hydrogen-bond donors (Lipinski definition) is 1. The van der Waals surface area contributed by atoms with Crippen molar-refractivity contribution in [3.8, 4) is 11.5 Å². The van der Waals surface area contributed by atoms with E-state index in [4.69, 9.17) is 9.47 Å². The standard InChI is InChI=1S/C19H23N3O3/c1-13(22-19(23)16-12-20-9-10-21-16)14-7-8-17(18(11-14)24-2)25-15-5-3-4-6-15/h7-13,15H,3-6H2,1-2H3,(H,22,23)/t13-/m1/s1.